The van der Waals surface area contributed by atoms with Crippen molar-refractivity contribution in [3.8, 4) is 11.5 Å². The molecule has 3 nitrogen and oxygen atoms in total. The van der Waals surface area contributed by atoms with Crippen molar-refractivity contribution >= 4 is 17.2 Å². The first-order valence-corrected chi connectivity index (χ1v) is 8.93. The lowest BCUT2D eigenvalue weighted by Gasteiger charge is -2.10. The van der Waals surface area contributed by atoms with Gasteiger partial charge in [-0.25, -0.2) is 4.39 Å². The van der Waals surface area contributed by atoms with Crippen LogP contribution in [0.15, 0.2) is 72.8 Å². The monoisotopic (exact) mass is 381 g/mol. The maximum atomic E-state index is 12.9. The maximum absolute atomic E-state index is 12.9. The van der Waals surface area contributed by atoms with Crippen LogP contribution in [0.2, 0.25) is 0 Å². The molecule has 0 spiro atoms. The average Bonchev–Trinajstić information content (AvgIpc) is 2.72. The highest BCUT2D eigenvalue weighted by molar-refractivity contribution is 7.80. The number of halogens is 1. The Hall–Kier alpha value is -2.92. The number of hydrogen-bond donors (Lipinski definition) is 1. The Kier molecular flexibility index (Phi) is 6.39. The van der Waals surface area contributed by atoms with Gasteiger partial charge in [0.15, 0.2) is 0 Å². The van der Waals surface area contributed by atoms with Crippen LogP contribution in [0, 0.1) is 5.82 Å². The zero-order valence-electron chi connectivity index (χ0n) is 14.9. The molecule has 0 aliphatic heterocycles. The van der Waals surface area contributed by atoms with Crippen LogP contribution in [0.4, 0.5) is 4.39 Å². The summed E-state index contributed by atoms with van der Waals surface area (Å²) in [4.78, 5) is 0.677. The summed E-state index contributed by atoms with van der Waals surface area (Å²) < 4.78 is 23.8. The molecule has 3 aromatic rings. The third kappa shape index (κ3) is 5.53. The Morgan fingerprint density at radius 3 is 2.07 bits per heavy atom. The molecular formula is C22H20FNO2S. The van der Waals surface area contributed by atoms with Crippen LogP contribution in [0.5, 0.6) is 11.5 Å². The number of rotatable bonds is 7. The summed E-state index contributed by atoms with van der Waals surface area (Å²) in [6, 6.07) is 21.7. The number of methoxy groups -OCH3 is 1. The minimum atomic E-state index is -0.251. The van der Waals surface area contributed by atoms with E-state index in [4.69, 9.17) is 21.7 Å². The Labute approximate surface area is 163 Å². The highest BCUT2D eigenvalue weighted by Crippen LogP contribution is 2.15. The Morgan fingerprint density at radius 1 is 0.852 bits per heavy atom. The van der Waals surface area contributed by atoms with E-state index in [2.05, 4.69) is 5.32 Å². The van der Waals surface area contributed by atoms with Gasteiger partial charge in [0.25, 0.3) is 0 Å². The van der Waals surface area contributed by atoms with Gasteiger partial charge in [-0.3, -0.25) is 0 Å². The summed E-state index contributed by atoms with van der Waals surface area (Å²) >= 11 is 5.45. The lowest BCUT2D eigenvalue weighted by Crippen LogP contribution is -2.21. The lowest BCUT2D eigenvalue weighted by molar-refractivity contribution is 0.306. The molecule has 0 saturated carbocycles. The second-order valence-corrected chi connectivity index (χ2v) is 6.38. The van der Waals surface area contributed by atoms with Crippen LogP contribution in [0.25, 0.3) is 0 Å². The molecule has 0 atom stereocenters. The van der Waals surface area contributed by atoms with Gasteiger partial charge in [0.05, 0.1) is 7.11 Å². The minimum Gasteiger partial charge on any atom is -0.497 e. The normalized spacial score (nSPS) is 10.3. The summed E-state index contributed by atoms with van der Waals surface area (Å²) in [5.41, 5.74) is 2.96. The summed E-state index contributed by atoms with van der Waals surface area (Å²) in [6.45, 7) is 1.03. The van der Waals surface area contributed by atoms with Gasteiger partial charge in [-0.05, 0) is 59.7 Å². The molecule has 0 amide bonds. The Balaban J connectivity index is 1.51. The van der Waals surface area contributed by atoms with Gasteiger partial charge in [0.2, 0.25) is 0 Å². The zero-order chi connectivity index (χ0) is 19.1. The minimum absolute atomic E-state index is 0.251. The van der Waals surface area contributed by atoms with Gasteiger partial charge in [0.1, 0.15) is 28.9 Å². The molecule has 0 aliphatic rings. The average molecular weight is 381 g/mol. The summed E-state index contributed by atoms with van der Waals surface area (Å²) in [5.74, 6) is 1.32. The third-order valence-electron chi connectivity index (χ3n) is 4.05. The van der Waals surface area contributed by atoms with E-state index in [0.717, 1.165) is 28.2 Å². The highest BCUT2D eigenvalue weighted by atomic mass is 32.1. The van der Waals surface area contributed by atoms with Crippen molar-refractivity contribution in [2.45, 2.75) is 13.2 Å². The third-order valence-corrected chi connectivity index (χ3v) is 4.43. The molecule has 0 heterocycles. The van der Waals surface area contributed by atoms with Crippen molar-refractivity contribution < 1.29 is 13.9 Å². The number of hydrogen-bond acceptors (Lipinski definition) is 3. The van der Waals surface area contributed by atoms with Crippen molar-refractivity contribution in [3.05, 3.63) is 95.3 Å². The number of nitrogens with one attached hydrogen (secondary N) is 1. The number of ether oxygens (including phenoxy) is 2. The van der Waals surface area contributed by atoms with Gasteiger partial charge in [0, 0.05) is 12.1 Å². The van der Waals surface area contributed by atoms with Gasteiger partial charge in [-0.1, -0.05) is 36.5 Å². The van der Waals surface area contributed by atoms with E-state index in [-0.39, 0.29) is 5.82 Å². The van der Waals surface area contributed by atoms with Crippen molar-refractivity contribution in [1.29, 1.82) is 0 Å². The van der Waals surface area contributed by atoms with Gasteiger partial charge >= 0.3 is 0 Å². The second-order valence-electron chi connectivity index (χ2n) is 5.97. The van der Waals surface area contributed by atoms with Gasteiger partial charge < -0.3 is 14.8 Å². The summed E-state index contributed by atoms with van der Waals surface area (Å²) in [5, 5.41) is 3.25. The van der Waals surface area contributed by atoms with Gasteiger partial charge in [-0.15, -0.1) is 0 Å². The largest absolute Gasteiger partial charge is 0.497 e. The first-order chi connectivity index (χ1) is 13.1. The van der Waals surface area contributed by atoms with E-state index in [1.165, 1.54) is 12.1 Å². The van der Waals surface area contributed by atoms with Crippen molar-refractivity contribution in [2.24, 2.45) is 0 Å². The topological polar surface area (TPSA) is 30.5 Å². The van der Waals surface area contributed by atoms with E-state index >= 15 is 0 Å². The molecule has 0 radical (unpaired) electrons. The van der Waals surface area contributed by atoms with E-state index in [0.29, 0.717) is 18.1 Å². The zero-order valence-corrected chi connectivity index (χ0v) is 15.8. The fourth-order valence-electron chi connectivity index (χ4n) is 2.48. The summed E-state index contributed by atoms with van der Waals surface area (Å²) in [6.07, 6.45) is 0. The van der Waals surface area contributed by atoms with Crippen LogP contribution >= 0.6 is 12.2 Å². The second kappa shape index (κ2) is 9.14. The molecule has 3 aromatic carbocycles. The Morgan fingerprint density at radius 2 is 1.44 bits per heavy atom. The van der Waals surface area contributed by atoms with E-state index in [1.807, 2.05) is 48.5 Å². The quantitative estimate of drug-likeness (QED) is 0.591. The molecule has 0 bridgehead atoms. The van der Waals surface area contributed by atoms with Crippen LogP contribution in [0.3, 0.4) is 0 Å². The molecule has 0 saturated heterocycles. The molecule has 27 heavy (non-hydrogen) atoms. The van der Waals surface area contributed by atoms with Crippen LogP contribution < -0.4 is 14.8 Å². The van der Waals surface area contributed by atoms with Crippen molar-refractivity contribution in [1.82, 2.24) is 5.32 Å². The number of benzene rings is 3. The SMILES string of the molecule is COc1ccc(CNC(=S)c2ccc(OCc3ccc(F)cc3)cc2)cc1. The smallest absolute Gasteiger partial charge is 0.123 e. The van der Waals surface area contributed by atoms with Crippen LogP contribution in [-0.4, -0.2) is 12.1 Å². The first kappa shape index (κ1) is 18.9. The standard InChI is InChI=1S/C22H20FNO2S/c1-25-20-10-4-16(5-11-20)14-24-22(27)18-6-12-21(13-7-18)26-15-17-2-8-19(23)9-3-17/h2-13H,14-15H2,1H3,(H,24,27). The Bertz CT molecular complexity index is 878. The lowest BCUT2D eigenvalue weighted by atomic mass is 10.2. The summed E-state index contributed by atoms with van der Waals surface area (Å²) in [7, 11) is 1.65. The van der Waals surface area contributed by atoms with Crippen molar-refractivity contribution in [2.75, 3.05) is 7.11 Å². The fraction of sp³-hybridized carbons (Fsp3) is 0.136. The predicted molar refractivity (Wildman–Crippen MR) is 109 cm³/mol. The molecular weight excluding hydrogens is 361 g/mol. The molecule has 5 heteroatoms. The van der Waals surface area contributed by atoms with Crippen LogP contribution in [-0.2, 0) is 13.2 Å². The molecule has 0 unspecified atom stereocenters. The van der Waals surface area contributed by atoms with E-state index < -0.39 is 0 Å². The van der Waals surface area contributed by atoms with E-state index in [9.17, 15) is 4.39 Å². The fourth-order valence-corrected chi connectivity index (χ4v) is 2.69. The van der Waals surface area contributed by atoms with Gasteiger partial charge in [-0.2, -0.15) is 0 Å². The van der Waals surface area contributed by atoms with Crippen LogP contribution in [0.1, 0.15) is 16.7 Å². The molecule has 0 aliphatic carbocycles. The predicted octanol–water partition coefficient (Wildman–Crippen LogP) is 4.88. The molecule has 0 aromatic heterocycles. The molecule has 1 N–H and O–H groups in total. The molecule has 3 rings (SSSR count). The maximum Gasteiger partial charge on any atom is 0.123 e. The van der Waals surface area contributed by atoms with Crippen molar-refractivity contribution in [3.63, 3.8) is 0 Å². The highest BCUT2D eigenvalue weighted by Gasteiger charge is 2.03. The molecule has 138 valence electrons. The van der Waals surface area contributed by atoms with E-state index in [1.54, 1.807) is 19.2 Å². The molecule has 0 fully saturated rings. The number of thiocarbonyl (C=S) groups is 1. The first-order valence-electron chi connectivity index (χ1n) is 8.52.